The van der Waals surface area contributed by atoms with Crippen LogP contribution in [0.1, 0.15) is 46.5 Å². The van der Waals surface area contributed by atoms with Crippen molar-refractivity contribution in [3.63, 3.8) is 0 Å². The van der Waals surface area contributed by atoms with E-state index in [2.05, 4.69) is 13.8 Å². The Morgan fingerprint density at radius 1 is 1.05 bits per heavy atom. The van der Waals surface area contributed by atoms with Gasteiger partial charge in [-0.3, -0.25) is 4.79 Å². The Labute approximate surface area is 120 Å². The Morgan fingerprint density at radius 2 is 1.75 bits per heavy atom. The minimum absolute atomic E-state index is 0.0155. The molecule has 2 rings (SSSR count). The van der Waals surface area contributed by atoms with Crippen LogP contribution in [-0.2, 0) is 4.79 Å². The van der Waals surface area contributed by atoms with Crippen LogP contribution < -0.4 is 0 Å². The molecular weight excluding hydrogens is 256 g/mol. The van der Waals surface area contributed by atoms with Crippen molar-refractivity contribution in [2.24, 2.45) is 11.8 Å². The molecule has 114 valence electrons. The number of carbonyl (C=O) groups excluding carboxylic acids is 1. The SMILES string of the molecule is CC1CCCN(C(=O)N2CCC(C(=O)O)CC2C)C1C. The third-order valence-electron chi connectivity index (χ3n) is 5.09. The summed E-state index contributed by atoms with van der Waals surface area (Å²) < 4.78 is 0. The highest BCUT2D eigenvalue weighted by Crippen LogP contribution is 2.28. The number of piperidine rings is 2. The van der Waals surface area contributed by atoms with E-state index in [9.17, 15) is 9.59 Å². The van der Waals surface area contributed by atoms with Gasteiger partial charge in [0.1, 0.15) is 0 Å². The van der Waals surface area contributed by atoms with Gasteiger partial charge < -0.3 is 14.9 Å². The zero-order chi connectivity index (χ0) is 14.9. The number of aliphatic carboxylic acids is 1. The zero-order valence-electron chi connectivity index (χ0n) is 12.7. The van der Waals surface area contributed by atoms with E-state index < -0.39 is 5.97 Å². The summed E-state index contributed by atoms with van der Waals surface area (Å²) >= 11 is 0. The van der Waals surface area contributed by atoms with Crippen molar-refractivity contribution in [3.05, 3.63) is 0 Å². The molecule has 0 saturated carbocycles. The number of rotatable bonds is 1. The van der Waals surface area contributed by atoms with Gasteiger partial charge in [0.15, 0.2) is 0 Å². The van der Waals surface area contributed by atoms with Gasteiger partial charge in [-0.25, -0.2) is 4.79 Å². The fourth-order valence-corrected chi connectivity index (χ4v) is 3.45. The average molecular weight is 282 g/mol. The molecule has 0 bridgehead atoms. The molecule has 0 aromatic rings. The monoisotopic (exact) mass is 282 g/mol. The summed E-state index contributed by atoms with van der Waals surface area (Å²) in [4.78, 5) is 27.6. The molecule has 0 aliphatic carbocycles. The van der Waals surface area contributed by atoms with Crippen molar-refractivity contribution in [3.8, 4) is 0 Å². The Bertz CT molecular complexity index is 385. The standard InChI is InChI=1S/C15H26N2O3/c1-10-5-4-7-17(12(10)3)15(20)16-8-6-13(14(18)19)9-11(16)2/h10-13H,4-9H2,1-3H3,(H,18,19). The van der Waals surface area contributed by atoms with Crippen LogP contribution in [0.2, 0.25) is 0 Å². The van der Waals surface area contributed by atoms with Crippen molar-refractivity contribution >= 4 is 12.0 Å². The number of hydrogen-bond donors (Lipinski definition) is 1. The number of carboxylic acids is 1. The van der Waals surface area contributed by atoms with E-state index in [0.29, 0.717) is 25.3 Å². The maximum Gasteiger partial charge on any atom is 0.320 e. The fourth-order valence-electron chi connectivity index (χ4n) is 3.45. The minimum atomic E-state index is -0.732. The topological polar surface area (TPSA) is 60.9 Å². The van der Waals surface area contributed by atoms with Crippen LogP contribution in [0.5, 0.6) is 0 Å². The van der Waals surface area contributed by atoms with Gasteiger partial charge in [-0.15, -0.1) is 0 Å². The van der Waals surface area contributed by atoms with Crippen molar-refractivity contribution in [2.75, 3.05) is 13.1 Å². The summed E-state index contributed by atoms with van der Waals surface area (Å²) in [6, 6.07) is 0.391. The molecule has 5 nitrogen and oxygen atoms in total. The summed E-state index contributed by atoms with van der Waals surface area (Å²) in [6.45, 7) is 7.68. The number of urea groups is 1. The molecule has 5 heteroatoms. The molecule has 2 heterocycles. The van der Waals surface area contributed by atoms with E-state index in [0.717, 1.165) is 13.0 Å². The normalized spacial score (nSPS) is 35.0. The van der Waals surface area contributed by atoms with Crippen molar-refractivity contribution in [2.45, 2.75) is 58.5 Å². The third-order valence-corrected chi connectivity index (χ3v) is 5.09. The molecule has 1 N–H and O–H groups in total. The lowest BCUT2D eigenvalue weighted by molar-refractivity contribution is -0.143. The molecule has 2 aliphatic rings. The van der Waals surface area contributed by atoms with E-state index in [1.807, 2.05) is 16.7 Å². The highest BCUT2D eigenvalue weighted by molar-refractivity contribution is 5.76. The van der Waals surface area contributed by atoms with Gasteiger partial charge >= 0.3 is 12.0 Å². The molecular formula is C15H26N2O3. The second-order valence-electron chi connectivity index (χ2n) is 6.44. The van der Waals surface area contributed by atoms with Crippen molar-refractivity contribution in [1.29, 1.82) is 0 Å². The first kappa shape index (κ1) is 15.1. The number of hydrogen-bond acceptors (Lipinski definition) is 2. The number of nitrogens with zero attached hydrogens (tertiary/aromatic N) is 2. The van der Waals surface area contributed by atoms with Gasteiger partial charge in [0.2, 0.25) is 0 Å². The lowest BCUT2D eigenvalue weighted by Crippen LogP contribution is -2.56. The van der Waals surface area contributed by atoms with E-state index in [4.69, 9.17) is 5.11 Å². The first-order valence-corrected chi connectivity index (χ1v) is 7.71. The Balaban J connectivity index is 2.01. The van der Waals surface area contributed by atoms with E-state index >= 15 is 0 Å². The Kier molecular flexibility index (Phi) is 4.55. The van der Waals surface area contributed by atoms with Crippen LogP contribution in [-0.4, -0.2) is 52.1 Å². The molecule has 0 aromatic carbocycles. The quantitative estimate of drug-likeness (QED) is 0.803. The summed E-state index contributed by atoms with van der Waals surface area (Å²) in [5.74, 6) is -0.491. The molecule has 0 aromatic heterocycles. The molecule has 0 radical (unpaired) electrons. The predicted molar refractivity (Wildman–Crippen MR) is 76.5 cm³/mol. The van der Waals surface area contributed by atoms with Gasteiger partial charge in [-0.2, -0.15) is 0 Å². The summed E-state index contributed by atoms with van der Waals surface area (Å²) in [7, 11) is 0. The first-order valence-electron chi connectivity index (χ1n) is 7.71. The summed E-state index contributed by atoms with van der Waals surface area (Å²) in [5.41, 5.74) is 0. The average Bonchev–Trinajstić information content (AvgIpc) is 2.41. The van der Waals surface area contributed by atoms with Crippen LogP contribution in [0.25, 0.3) is 0 Å². The molecule has 4 atom stereocenters. The van der Waals surface area contributed by atoms with E-state index in [1.54, 1.807) is 0 Å². The smallest absolute Gasteiger partial charge is 0.320 e. The maximum atomic E-state index is 12.7. The molecule has 0 spiro atoms. The number of carboxylic acid groups (broad SMARTS) is 1. The Morgan fingerprint density at radius 3 is 2.35 bits per heavy atom. The van der Waals surface area contributed by atoms with Crippen molar-refractivity contribution < 1.29 is 14.7 Å². The zero-order valence-corrected chi connectivity index (χ0v) is 12.7. The highest BCUT2D eigenvalue weighted by atomic mass is 16.4. The van der Waals surface area contributed by atoms with Gasteiger partial charge in [0, 0.05) is 25.2 Å². The first-order chi connectivity index (χ1) is 9.41. The number of carbonyl (C=O) groups is 2. The molecule has 20 heavy (non-hydrogen) atoms. The van der Waals surface area contributed by atoms with Gasteiger partial charge in [-0.05, 0) is 45.4 Å². The lowest BCUT2D eigenvalue weighted by atomic mass is 9.90. The molecule has 2 fully saturated rings. The predicted octanol–water partition coefficient (Wildman–Crippen LogP) is 2.41. The Hall–Kier alpha value is -1.26. The third kappa shape index (κ3) is 2.91. The minimum Gasteiger partial charge on any atom is -0.481 e. The van der Waals surface area contributed by atoms with Gasteiger partial charge in [0.25, 0.3) is 0 Å². The molecule has 4 unspecified atom stereocenters. The molecule has 2 amide bonds. The van der Waals surface area contributed by atoms with Crippen molar-refractivity contribution in [1.82, 2.24) is 9.80 Å². The highest BCUT2D eigenvalue weighted by Gasteiger charge is 2.37. The van der Waals surface area contributed by atoms with E-state index in [1.165, 1.54) is 6.42 Å². The number of amides is 2. The van der Waals surface area contributed by atoms with Crippen LogP contribution in [0.4, 0.5) is 4.79 Å². The van der Waals surface area contributed by atoms with Crippen LogP contribution in [0, 0.1) is 11.8 Å². The van der Waals surface area contributed by atoms with Crippen LogP contribution in [0.3, 0.4) is 0 Å². The summed E-state index contributed by atoms with van der Waals surface area (Å²) in [6.07, 6.45) is 3.39. The van der Waals surface area contributed by atoms with Gasteiger partial charge in [0.05, 0.1) is 5.92 Å². The second-order valence-corrected chi connectivity index (χ2v) is 6.44. The lowest BCUT2D eigenvalue weighted by Gasteiger charge is -2.44. The molecule has 2 aliphatic heterocycles. The van der Waals surface area contributed by atoms with Crippen LogP contribution >= 0.6 is 0 Å². The van der Waals surface area contributed by atoms with Crippen LogP contribution in [0.15, 0.2) is 0 Å². The number of likely N-dealkylation sites (tertiary alicyclic amines) is 2. The largest absolute Gasteiger partial charge is 0.481 e. The second kappa shape index (κ2) is 6.02. The maximum absolute atomic E-state index is 12.7. The fraction of sp³-hybridized carbons (Fsp3) is 0.867. The van der Waals surface area contributed by atoms with E-state index in [-0.39, 0.29) is 24.0 Å². The van der Waals surface area contributed by atoms with Gasteiger partial charge in [-0.1, -0.05) is 6.92 Å². The molecule has 2 saturated heterocycles. The summed E-state index contributed by atoms with van der Waals surface area (Å²) in [5, 5.41) is 9.09.